The summed E-state index contributed by atoms with van der Waals surface area (Å²) in [6.45, 7) is 0. The van der Waals surface area contributed by atoms with Crippen molar-refractivity contribution in [3.63, 3.8) is 0 Å². The summed E-state index contributed by atoms with van der Waals surface area (Å²) in [5.41, 5.74) is 7.93. The molecule has 0 aliphatic carbocycles. The van der Waals surface area contributed by atoms with Gasteiger partial charge in [0.1, 0.15) is 0 Å². The summed E-state index contributed by atoms with van der Waals surface area (Å²) in [5.74, 6) is -0.429. The fourth-order valence-electron chi connectivity index (χ4n) is 1.45. The fraction of sp³-hybridized carbons (Fsp3) is 0. The van der Waals surface area contributed by atoms with Crippen molar-refractivity contribution in [1.82, 2.24) is 0 Å². The van der Waals surface area contributed by atoms with E-state index in [1.54, 1.807) is 6.20 Å². The summed E-state index contributed by atoms with van der Waals surface area (Å²) in [5, 5.41) is 3.09. The number of fused-ring (bicyclic) bond motifs is 1. The van der Waals surface area contributed by atoms with Crippen molar-refractivity contribution in [3.05, 3.63) is 48.2 Å². The minimum Gasteiger partial charge on any atom is -0.366 e. The van der Waals surface area contributed by atoms with E-state index in [1.165, 1.54) is 6.08 Å². The van der Waals surface area contributed by atoms with Gasteiger partial charge in [0.25, 0.3) is 0 Å². The van der Waals surface area contributed by atoms with Crippen LogP contribution < -0.4 is 11.1 Å². The Kier molecular flexibility index (Phi) is 2.07. The van der Waals surface area contributed by atoms with E-state index in [0.717, 1.165) is 16.8 Å². The average molecular weight is 186 g/mol. The van der Waals surface area contributed by atoms with Gasteiger partial charge in [0.05, 0.1) is 0 Å². The van der Waals surface area contributed by atoms with Crippen molar-refractivity contribution in [2.75, 3.05) is 5.32 Å². The summed E-state index contributed by atoms with van der Waals surface area (Å²) in [6, 6.07) is 7.76. The van der Waals surface area contributed by atoms with Crippen molar-refractivity contribution >= 4 is 17.2 Å². The van der Waals surface area contributed by atoms with Crippen LogP contribution in [-0.2, 0) is 4.79 Å². The van der Waals surface area contributed by atoms with Gasteiger partial charge in [-0.2, -0.15) is 0 Å². The maximum absolute atomic E-state index is 10.8. The molecule has 0 spiro atoms. The zero-order chi connectivity index (χ0) is 9.97. The maximum atomic E-state index is 10.8. The molecule has 1 aromatic carbocycles. The van der Waals surface area contributed by atoms with Gasteiger partial charge in [0.15, 0.2) is 0 Å². The molecule has 70 valence electrons. The van der Waals surface area contributed by atoms with Crippen LogP contribution in [0.15, 0.2) is 42.6 Å². The Morgan fingerprint density at radius 3 is 2.93 bits per heavy atom. The van der Waals surface area contributed by atoms with Gasteiger partial charge in [-0.3, -0.25) is 4.79 Å². The van der Waals surface area contributed by atoms with Crippen LogP contribution in [0.1, 0.15) is 5.56 Å². The van der Waals surface area contributed by atoms with Gasteiger partial charge in [-0.15, -0.1) is 0 Å². The number of allylic oxidation sites excluding steroid dienone is 2. The Balaban J connectivity index is 2.51. The van der Waals surface area contributed by atoms with Crippen molar-refractivity contribution in [2.45, 2.75) is 0 Å². The van der Waals surface area contributed by atoms with Crippen molar-refractivity contribution < 1.29 is 4.79 Å². The summed E-state index contributed by atoms with van der Waals surface area (Å²) < 4.78 is 0. The minimum atomic E-state index is -0.429. The summed E-state index contributed by atoms with van der Waals surface area (Å²) in [7, 11) is 0. The minimum absolute atomic E-state index is 0.429. The van der Waals surface area contributed by atoms with E-state index in [0.29, 0.717) is 0 Å². The second-order valence-electron chi connectivity index (χ2n) is 3.03. The number of carbonyl (C=O) groups is 1. The lowest BCUT2D eigenvalue weighted by atomic mass is 10.0. The van der Waals surface area contributed by atoms with Gasteiger partial charge in [-0.25, -0.2) is 0 Å². The largest absolute Gasteiger partial charge is 0.366 e. The summed E-state index contributed by atoms with van der Waals surface area (Å²) in [4.78, 5) is 10.8. The first-order valence-electron chi connectivity index (χ1n) is 4.31. The van der Waals surface area contributed by atoms with Gasteiger partial charge >= 0.3 is 0 Å². The average Bonchev–Trinajstić information content (AvgIpc) is 2.18. The lowest BCUT2D eigenvalue weighted by Crippen LogP contribution is -2.08. The van der Waals surface area contributed by atoms with Gasteiger partial charge in [-0.1, -0.05) is 18.2 Å². The highest BCUT2D eigenvalue weighted by atomic mass is 16.1. The highest BCUT2D eigenvalue weighted by Crippen LogP contribution is 2.27. The number of nitrogens with one attached hydrogen (secondary N) is 1. The third kappa shape index (κ3) is 1.52. The molecular formula is C11H10N2O. The van der Waals surface area contributed by atoms with Gasteiger partial charge < -0.3 is 11.1 Å². The zero-order valence-corrected chi connectivity index (χ0v) is 7.53. The fourth-order valence-corrected chi connectivity index (χ4v) is 1.45. The van der Waals surface area contributed by atoms with E-state index in [-0.39, 0.29) is 0 Å². The number of benzene rings is 1. The Bertz CT molecular complexity index is 433. The summed E-state index contributed by atoms with van der Waals surface area (Å²) in [6.07, 6.45) is 5.04. The third-order valence-corrected chi connectivity index (χ3v) is 2.04. The normalized spacial score (nSPS) is 16.1. The number of hydrogen-bond acceptors (Lipinski definition) is 2. The molecular weight excluding hydrogens is 176 g/mol. The number of nitrogens with two attached hydrogens (primary N) is 1. The molecule has 1 amide bonds. The van der Waals surface area contributed by atoms with E-state index in [2.05, 4.69) is 5.32 Å². The van der Waals surface area contributed by atoms with Crippen molar-refractivity contribution in [2.24, 2.45) is 5.73 Å². The van der Waals surface area contributed by atoms with E-state index in [4.69, 9.17) is 5.73 Å². The molecule has 0 radical (unpaired) electrons. The molecule has 0 atom stereocenters. The number of carbonyl (C=O) groups excluding carboxylic acids is 1. The molecule has 3 heteroatoms. The molecule has 0 saturated carbocycles. The van der Waals surface area contributed by atoms with Crippen molar-refractivity contribution in [3.8, 4) is 0 Å². The SMILES string of the molecule is NC(=O)C=C1C=CNc2ccccc21. The van der Waals surface area contributed by atoms with E-state index in [1.807, 2.05) is 30.3 Å². The van der Waals surface area contributed by atoms with Crippen LogP contribution >= 0.6 is 0 Å². The first-order valence-corrected chi connectivity index (χ1v) is 4.31. The second kappa shape index (κ2) is 3.38. The maximum Gasteiger partial charge on any atom is 0.242 e. The number of amides is 1. The number of rotatable bonds is 1. The number of hydrogen-bond donors (Lipinski definition) is 2. The van der Waals surface area contributed by atoms with E-state index < -0.39 is 5.91 Å². The van der Waals surface area contributed by atoms with E-state index >= 15 is 0 Å². The Morgan fingerprint density at radius 2 is 2.14 bits per heavy atom. The molecule has 1 aliphatic rings. The lowest BCUT2D eigenvalue weighted by molar-refractivity contribution is -0.113. The highest BCUT2D eigenvalue weighted by Gasteiger charge is 2.08. The molecule has 3 nitrogen and oxygen atoms in total. The molecule has 2 rings (SSSR count). The molecule has 1 heterocycles. The molecule has 0 saturated heterocycles. The molecule has 1 aliphatic heterocycles. The second-order valence-corrected chi connectivity index (χ2v) is 3.03. The van der Waals surface area contributed by atoms with Crippen LogP contribution in [0.2, 0.25) is 0 Å². The predicted octanol–water partition coefficient (Wildman–Crippen LogP) is 1.49. The monoisotopic (exact) mass is 186 g/mol. The Labute approximate surface area is 81.9 Å². The summed E-state index contributed by atoms with van der Waals surface area (Å²) >= 11 is 0. The van der Waals surface area contributed by atoms with Crippen LogP contribution in [0.3, 0.4) is 0 Å². The first-order chi connectivity index (χ1) is 6.77. The van der Waals surface area contributed by atoms with Crippen LogP contribution in [0.4, 0.5) is 5.69 Å². The topological polar surface area (TPSA) is 55.1 Å². The van der Waals surface area contributed by atoms with E-state index in [9.17, 15) is 4.79 Å². The van der Waals surface area contributed by atoms with Gasteiger partial charge in [-0.05, 0) is 17.7 Å². The third-order valence-electron chi connectivity index (χ3n) is 2.04. The molecule has 14 heavy (non-hydrogen) atoms. The zero-order valence-electron chi connectivity index (χ0n) is 7.53. The molecule has 1 aromatic rings. The van der Waals surface area contributed by atoms with Crippen LogP contribution in [0.25, 0.3) is 5.57 Å². The molecule has 3 N–H and O–H groups in total. The first kappa shape index (κ1) is 8.56. The van der Waals surface area contributed by atoms with Gasteiger partial charge in [0.2, 0.25) is 5.91 Å². The molecule has 0 bridgehead atoms. The predicted molar refractivity (Wildman–Crippen MR) is 56.4 cm³/mol. The van der Waals surface area contributed by atoms with Crippen molar-refractivity contribution in [1.29, 1.82) is 0 Å². The smallest absolute Gasteiger partial charge is 0.242 e. The number of para-hydroxylation sites is 1. The number of anilines is 1. The van der Waals surface area contributed by atoms with Gasteiger partial charge in [0, 0.05) is 23.5 Å². The number of primary amides is 1. The lowest BCUT2D eigenvalue weighted by Gasteiger charge is -2.14. The molecule has 0 aromatic heterocycles. The Morgan fingerprint density at radius 1 is 1.36 bits per heavy atom. The molecule has 0 unspecified atom stereocenters. The highest BCUT2D eigenvalue weighted by molar-refractivity contribution is 5.99. The Hall–Kier alpha value is -2.03. The van der Waals surface area contributed by atoms with Crippen LogP contribution in [0, 0.1) is 0 Å². The van der Waals surface area contributed by atoms with Crippen LogP contribution in [0.5, 0.6) is 0 Å². The quantitative estimate of drug-likeness (QED) is 0.653. The van der Waals surface area contributed by atoms with Crippen LogP contribution in [-0.4, -0.2) is 5.91 Å². The molecule has 0 fully saturated rings. The standard InChI is InChI=1S/C11H10N2O/c12-11(14)7-8-5-6-13-10-4-2-1-3-9(8)10/h1-7,13H,(H2,12,14).